The summed E-state index contributed by atoms with van der Waals surface area (Å²) in [6, 6.07) is 9.03. The van der Waals surface area contributed by atoms with Crippen molar-refractivity contribution in [2.45, 2.75) is 19.8 Å². The fourth-order valence-electron chi connectivity index (χ4n) is 1.80. The van der Waals surface area contributed by atoms with Gasteiger partial charge < -0.3 is 9.15 Å². The highest BCUT2D eigenvalue weighted by atomic mass is 16.5. The van der Waals surface area contributed by atoms with Gasteiger partial charge in [-0.2, -0.15) is 0 Å². The van der Waals surface area contributed by atoms with E-state index >= 15 is 0 Å². The number of rotatable bonds is 4. The summed E-state index contributed by atoms with van der Waals surface area (Å²) in [7, 11) is 1.56. The highest BCUT2D eigenvalue weighted by molar-refractivity contribution is 6.09. The summed E-state index contributed by atoms with van der Waals surface area (Å²) >= 11 is 0. The third kappa shape index (κ3) is 2.30. The summed E-state index contributed by atoms with van der Waals surface area (Å²) in [5, 5.41) is 0. The van der Waals surface area contributed by atoms with Crippen molar-refractivity contribution in [3.05, 3.63) is 53.5 Å². The van der Waals surface area contributed by atoms with Crippen LogP contribution in [0, 0.1) is 0 Å². The van der Waals surface area contributed by atoms with E-state index in [-0.39, 0.29) is 5.78 Å². The van der Waals surface area contributed by atoms with Crippen LogP contribution in [-0.4, -0.2) is 12.9 Å². The van der Waals surface area contributed by atoms with Crippen LogP contribution in [0.4, 0.5) is 0 Å². The Bertz CT molecular complexity index is 539. The summed E-state index contributed by atoms with van der Waals surface area (Å²) in [6.45, 7) is 4.17. The fraction of sp³-hybridized carbons (Fsp3) is 0.267. The monoisotopic (exact) mass is 244 g/mol. The van der Waals surface area contributed by atoms with Gasteiger partial charge in [-0.1, -0.05) is 19.9 Å². The molecule has 18 heavy (non-hydrogen) atoms. The largest absolute Gasteiger partial charge is 0.496 e. The standard InChI is InChI=1S/C15H16O3/c1-10(2)11-6-7-13(17-3)12(9-11)15(16)14-5-4-8-18-14/h4-10H,1-3H3. The highest BCUT2D eigenvalue weighted by Crippen LogP contribution is 2.26. The lowest BCUT2D eigenvalue weighted by Gasteiger charge is -2.11. The number of hydrogen-bond donors (Lipinski definition) is 0. The minimum absolute atomic E-state index is 0.153. The zero-order chi connectivity index (χ0) is 13.1. The van der Waals surface area contributed by atoms with E-state index in [1.165, 1.54) is 6.26 Å². The van der Waals surface area contributed by atoms with Crippen molar-refractivity contribution in [1.82, 2.24) is 0 Å². The van der Waals surface area contributed by atoms with Gasteiger partial charge in [0.25, 0.3) is 0 Å². The van der Waals surface area contributed by atoms with Gasteiger partial charge in [0.05, 0.1) is 18.9 Å². The van der Waals surface area contributed by atoms with E-state index in [9.17, 15) is 4.79 Å². The molecule has 0 saturated heterocycles. The molecule has 0 radical (unpaired) electrons. The number of carbonyl (C=O) groups is 1. The van der Waals surface area contributed by atoms with Gasteiger partial charge in [-0.25, -0.2) is 0 Å². The SMILES string of the molecule is COc1ccc(C(C)C)cc1C(=O)c1ccco1. The molecule has 0 fully saturated rings. The number of carbonyl (C=O) groups excluding carboxylic acids is 1. The van der Waals surface area contributed by atoms with Crippen LogP contribution in [0.15, 0.2) is 41.0 Å². The molecular weight excluding hydrogens is 228 g/mol. The van der Waals surface area contributed by atoms with Crippen LogP contribution in [0.5, 0.6) is 5.75 Å². The van der Waals surface area contributed by atoms with Gasteiger partial charge >= 0.3 is 0 Å². The lowest BCUT2D eigenvalue weighted by molar-refractivity contribution is 0.101. The van der Waals surface area contributed by atoms with Crippen molar-refractivity contribution in [3.63, 3.8) is 0 Å². The maximum atomic E-state index is 12.3. The van der Waals surface area contributed by atoms with E-state index < -0.39 is 0 Å². The molecule has 0 atom stereocenters. The number of furan rings is 1. The van der Waals surface area contributed by atoms with Crippen LogP contribution in [0.2, 0.25) is 0 Å². The zero-order valence-corrected chi connectivity index (χ0v) is 10.8. The molecule has 94 valence electrons. The average Bonchev–Trinajstić information content (AvgIpc) is 2.90. The molecule has 2 aromatic rings. The zero-order valence-electron chi connectivity index (χ0n) is 10.8. The van der Waals surface area contributed by atoms with Crippen molar-refractivity contribution in [3.8, 4) is 5.75 Å². The first-order valence-electron chi connectivity index (χ1n) is 5.89. The second-order valence-electron chi connectivity index (χ2n) is 4.42. The first-order valence-corrected chi connectivity index (χ1v) is 5.89. The number of methoxy groups -OCH3 is 1. The predicted molar refractivity (Wildman–Crippen MR) is 69.2 cm³/mol. The minimum atomic E-state index is -0.153. The Hall–Kier alpha value is -2.03. The molecule has 0 aliphatic rings. The molecule has 0 N–H and O–H groups in total. The molecule has 1 aromatic carbocycles. The van der Waals surface area contributed by atoms with Gasteiger partial charge in [-0.3, -0.25) is 4.79 Å². The van der Waals surface area contributed by atoms with E-state index in [2.05, 4.69) is 13.8 Å². The Labute approximate surface area is 106 Å². The van der Waals surface area contributed by atoms with E-state index in [1.54, 1.807) is 19.2 Å². The first kappa shape index (κ1) is 12.4. The Kier molecular flexibility index (Phi) is 3.51. The van der Waals surface area contributed by atoms with Gasteiger partial charge in [0, 0.05) is 0 Å². The van der Waals surface area contributed by atoms with Crippen LogP contribution in [0.3, 0.4) is 0 Å². The van der Waals surface area contributed by atoms with Gasteiger partial charge in [0.2, 0.25) is 5.78 Å². The van der Waals surface area contributed by atoms with E-state index in [4.69, 9.17) is 9.15 Å². The van der Waals surface area contributed by atoms with Crippen molar-refractivity contribution in [2.24, 2.45) is 0 Å². The van der Waals surface area contributed by atoms with Crippen molar-refractivity contribution in [1.29, 1.82) is 0 Å². The van der Waals surface area contributed by atoms with E-state index in [1.807, 2.05) is 18.2 Å². The van der Waals surface area contributed by atoms with Crippen LogP contribution in [0.25, 0.3) is 0 Å². The molecule has 0 unspecified atom stereocenters. The third-order valence-corrected chi connectivity index (χ3v) is 2.88. The molecule has 0 bridgehead atoms. The fourth-order valence-corrected chi connectivity index (χ4v) is 1.80. The van der Waals surface area contributed by atoms with Crippen molar-refractivity contribution in [2.75, 3.05) is 7.11 Å². The molecule has 1 heterocycles. The molecule has 0 aliphatic carbocycles. The molecule has 0 aliphatic heterocycles. The van der Waals surface area contributed by atoms with E-state index in [0.29, 0.717) is 23.0 Å². The summed E-state index contributed by atoms with van der Waals surface area (Å²) in [5.41, 5.74) is 1.64. The summed E-state index contributed by atoms with van der Waals surface area (Å²) in [5.74, 6) is 1.11. The van der Waals surface area contributed by atoms with Crippen molar-refractivity contribution >= 4 is 5.78 Å². The Morgan fingerprint density at radius 3 is 2.61 bits per heavy atom. The van der Waals surface area contributed by atoms with Gasteiger partial charge in [0.1, 0.15) is 5.75 Å². The summed E-state index contributed by atoms with van der Waals surface area (Å²) < 4.78 is 10.4. The summed E-state index contributed by atoms with van der Waals surface area (Å²) in [6.07, 6.45) is 1.49. The van der Waals surface area contributed by atoms with Crippen LogP contribution in [-0.2, 0) is 0 Å². The molecular formula is C15H16O3. The third-order valence-electron chi connectivity index (χ3n) is 2.88. The first-order chi connectivity index (χ1) is 8.63. The normalized spacial score (nSPS) is 10.7. The smallest absolute Gasteiger partial charge is 0.231 e. The maximum Gasteiger partial charge on any atom is 0.231 e. The number of benzene rings is 1. The van der Waals surface area contributed by atoms with Crippen molar-refractivity contribution < 1.29 is 13.9 Å². The molecule has 0 spiro atoms. The Balaban J connectivity index is 2.47. The maximum absolute atomic E-state index is 12.3. The lowest BCUT2D eigenvalue weighted by atomic mass is 9.98. The molecule has 0 amide bonds. The quantitative estimate of drug-likeness (QED) is 0.771. The summed E-state index contributed by atoms with van der Waals surface area (Å²) in [4.78, 5) is 12.3. The van der Waals surface area contributed by atoms with Gasteiger partial charge in [-0.15, -0.1) is 0 Å². The Morgan fingerprint density at radius 2 is 2.06 bits per heavy atom. The minimum Gasteiger partial charge on any atom is -0.496 e. The average molecular weight is 244 g/mol. The number of hydrogen-bond acceptors (Lipinski definition) is 3. The number of ether oxygens (including phenoxy) is 1. The topological polar surface area (TPSA) is 39.4 Å². The van der Waals surface area contributed by atoms with Gasteiger partial charge in [-0.05, 0) is 35.7 Å². The lowest BCUT2D eigenvalue weighted by Crippen LogP contribution is -2.04. The van der Waals surface area contributed by atoms with Crippen LogP contribution >= 0.6 is 0 Å². The molecule has 3 heteroatoms. The van der Waals surface area contributed by atoms with Crippen LogP contribution < -0.4 is 4.74 Å². The molecule has 2 rings (SSSR count). The molecule has 0 saturated carbocycles. The Morgan fingerprint density at radius 1 is 1.28 bits per heavy atom. The molecule has 1 aromatic heterocycles. The molecule has 3 nitrogen and oxygen atoms in total. The highest BCUT2D eigenvalue weighted by Gasteiger charge is 2.18. The van der Waals surface area contributed by atoms with Gasteiger partial charge in [0.15, 0.2) is 5.76 Å². The van der Waals surface area contributed by atoms with E-state index in [0.717, 1.165) is 5.56 Å². The second kappa shape index (κ2) is 5.08. The second-order valence-corrected chi connectivity index (χ2v) is 4.42. The van der Waals surface area contributed by atoms with Crippen LogP contribution in [0.1, 0.15) is 41.4 Å². The predicted octanol–water partition coefficient (Wildman–Crippen LogP) is 3.64. The number of ketones is 1.